The zero-order chi connectivity index (χ0) is 14.4. The predicted octanol–water partition coefficient (Wildman–Crippen LogP) is 3.57. The van der Waals surface area contributed by atoms with E-state index < -0.39 is 0 Å². The minimum Gasteiger partial charge on any atom is -0.490 e. The van der Waals surface area contributed by atoms with Crippen molar-refractivity contribution in [1.29, 1.82) is 0 Å². The Hall–Kier alpha value is -2.10. The van der Waals surface area contributed by atoms with Gasteiger partial charge in [0.2, 0.25) is 0 Å². The van der Waals surface area contributed by atoms with E-state index in [2.05, 4.69) is 35.2 Å². The van der Waals surface area contributed by atoms with Crippen molar-refractivity contribution in [2.24, 2.45) is 0 Å². The lowest BCUT2D eigenvalue weighted by molar-refractivity contribution is 0.215. The lowest BCUT2D eigenvalue weighted by Gasteiger charge is -2.16. The maximum Gasteiger partial charge on any atom is 0.129 e. The molecule has 0 spiro atoms. The molecule has 2 rings (SSSR count). The van der Waals surface area contributed by atoms with Crippen LogP contribution in [0.5, 0.6) is 5.75 Å². The molecule has 0 saturated carbocycles. The first-order chi connectivity index (χ1) is 9.69. The molecule has 0 aliphatic heterocycles. The van der Waals surface area contributed by atoms with Crippen LogP contribution in [0.3, 0.4) is 0 Å². The number of hydrogen-bond donors (Lipinski definition) is 1. The molecule has 0 amide bonds. The van der Waals surface area contributed by atoms with Gasteiger partial charge in [-0.25, -0.2) is 9.97 Å². The molecule has 0 bridgehead atoms. The minimum absolute atomic E-state index is 0.220. The highest BCUT2D eigenvalue weighted by atomic mass is 16.5. The van der Waals surface area contributed by atoms with Crippen LogP contribution in [0.4, 0.5) is 5.82 Å². The highest BCUT2D eigenvalue weighted by molar-refractivity contribution is 5.39. The van der Waals surface area contributed by atoms with Gasteiger partial charge in [0.15, 0.2) is 0 Å². The van der Waals surface area contributed by atoms with Crippen LogP contribution < -0.4 is 10.1 Å². The lowest BCUT2D eigenvalue weighted by Crippen LogP contribution is -2.12. The van der Waals surface area contributed by atoms with Gasteiger partial charge < -0.3 is 10.1 Å². The van der Waals surface area contributed by atoms with E-state index in [0.29, 0.717) is 6.54 Å². The number of nitrogens with zero attached hydrogens (tertiary/aromatic N) is 2. The Morgan fingerprint density at radius 2 is 2.05 bits per heavy atom. The third-order valence-electron chi connectivity index (χ3n) is 3.11. The normalized spacial score (nSPS) is 11.9. The summed E-state index contributed by atoms with van der Waals surface area (Å²) in [5, 5.41) is 3.30. The molecule has 4 heteroatoms. The molecule has 0 fully saturated rings. The maximum absolute atomic E-state index is 5.93. The molecule has 1 atom stereocenters. The molecule has 1 aromatic heterocycles. The molecular formula is C16H21N3O. The van der Waals surface area contributed by atoms with Crippen LogP contribution in [0.25, 0.3) is 0 Å². The van der Waals surface area contributed by atoms with Gasteiger partial charge in [0.25, 0.3) is 0 Å². The van der Waals surface area contributed by atoms with E-state index in [1.807, 2.05) is 31.2 Å². The summed E-state index contributed by atoms with van der Waals surface area (Å²) in [6, 6.07) is 9.96. The molecular weight excluding hydrogens is 250 g/mol. The summed E-state index contributed by atoms with van der Waals surface area (Å²) in [6.45, 7) is 6.77. The Labute approximate surface area is 120 Å². The van der Waals surface area contributed by atoms with Gasteiger partial charge in [-0.2, -0.15) is 0 Å². The molecule has 0 aliphatic rings. The fraction of sp³-hybridized carbons (Fsp3) is 0.375. The number of hydrogen-bond acceptors (Lipinski definition) is 4. The monoisotopic (exact) mass is 271 g/mol. The van der Waals surface area contributed by atoms with Crippen molar-refractivity contribution in [1.82, 2.24) is 9.97 Å². The van der Waals surface area contributed by atoms with Crippen molar-refractivity contribution < 1.29 is 4.74 Å². The van der Waals surface area contributed by atoms with Gasteiger partial charge in [-0.05, 0) is 32.4 Å². The summed E-state index contributed by atoms with van der Waals surface area (Å²) in [7, 11) is 0. The van der Waals surface area contributed by atoms with Crippen LogP contribution in [0.1, 0.15) is 31.7 Å². The highest BCUT2D eigenvalue weighted by Crippen LogP contribution is 2.21. The third-order valence-corrected chi connectivity index (χ3v) is 3.11. The van der Waals surface area contributed by atoms with Crippen molar-refractivity contribution in [3.05, 3.63) is 47.9 Å². The summed E-state index contributed by atoms with van der Waals surface area (Å²) >= 11 is 0. The first-order valence-electron chi connectivity index (χ1n) is 6.97. The van der Waals surface area contributed by atoms with Crippen LogP contribution in [-0.4, -0.2) is 16.1 Å². The van der Waals surface area contributed by atoms with Gasteiger partial charge in [-0.3, -0.25) is 0 Å². The Morgan fingerprint density at radius 3 is 2.80 bits per heavy atom. The summed E-state index contributed by atoms with van der Waals surface area (Å²) in [6.07, 6.45) is 2.97. The Morgan fingerprint density at radius 1 is 1.25 bits per heavy atom. The number of aryl methyl sites for hydroxylation is 1. The van der Waals surface area contributed by atoms with E-state index >= 15 is 0 Å². The molecule has 106 valence electrons. The SMILES string of the molecule is CCC(C)Oc1ccccc1CNc1ccnc(C)n1. The Kier molecular flexibility index (Phi) is 4.93. The molecule has 1 heterocycles. The molecule has 1 N–H and O–H groups in total. The molecule has 1 unspecified atom stereocenters. The zero-order valence-electron chi connectivity index (χ0n) is 12.3. The fourth-order valence-corrected chi connectivity index (χ4v) is 1.81. The highest BCUT2D eigenvalue weighted by Gasteiger charge is 2.06. The van der Waals surface area contributed by atoms with Gasteiger partial charge in [-0.15, -0.1) is 0 Å². The number of aromatic nitrogens is 2. The van der Waals surface area contributed by atoms with Crippen molar-refractivity contribution in [2.75, 3.05) is 5.32 Å². The number of nitrogens with one attached hydrogen (secondary N) is 1. The first-order valence-corrected chi connectivity index (χ1v) is 6.97. The van der Waals surface area contributed by atoms with Gasteiger partial charge in [0.05, 0.1) is 6.10 Å². The number of para-hydroxylation sites is 1. The number of anilines is 1. The average Bonchev–Trinajstić information content (AvgIpc) is 2.46. The molecule has 1 aromatic carbocycles. The second-order valence-corrected chi connectivity index (χ2v) is 4.79. The molecule has 2 aromatic rings. The van der Waals surface area contributed by atoms with E-state index in [1.54, 1.807) is 6.20 Å². The van der Waals surface area contributed by atoms with Crippen molar-refractivity contribution in [2.45, 2.75) is 39.8 Å². The van der Waals surface area contributed by atoms with E-state index in [0.717, 1.165) is 29.4 Å². The fourth-order valence-electron chi connectivity index (χ4n) is 1.81. The molecule has 4 nitrogen and oxygen atoms in total. The summed E-state index contributed by atoms with van der Waals surface area (Å²) in [4.78, 5) is 8.42. The molecule has 0 radical (unpaired) electrons. The van der Waals surface area contributed by atoms with Crippen LogP contribution in [0.15, 0.2) is 36.5 Å². The summed E-state index contributed by atoms with van der Waals surface area (Å²) in [5.41, 5.74) is 1.13. The van der Waals surface area contributed by atoms with E-state index in [1.165, 1.54) is 0 Å². The zero-order valence-corrected chi connectivity index (χ0v) is 12.3. The first kappa shape index (κ1) is 14.3. The van der Waals surface area contributed by atoms with Crippen LogP contribution in [-0.2, 0) is 6.54 Å². The Balaban J connectivity index is 2.05. The topological polar surface area (TPSA) is 47.0 Å². The predicted molar refractivity (Wildman–Crippen MR) is 80.9 cm³/mol. The lowest BCUT2D eigenvalue weighted by atomic mass is 10.2. The Bertz CT molecular complexity index is 557. The van der Waals surface area contributed by atoms with Crippen LogP contribution >= 0.6 is 0 Å². The van der Waals surface area contributed by atoms with E-state index in [9.17, 15) is 0 Å². The standard InChI is InChI=1S/C16H21N3O/c1-4-12(2)20-15-8-6-5-7-14(15)11-18-16-9-10-17-13(3)19-16/h5-10,12H,4,11H2,1-3H3,(H,17,18,19). The van der Waals surface area contributed by atoms with Crippen molar-refractivity contribution in [3.63, 3.8) is 0 Å². The van der Waals surface area contributed by atoms with E-state index in [4.69, 9.17) is 4.74 Å². The van der Waals surface area contributed by atoms with Gasteiger partial charge in [0, 0.05) is 18.3 Å². The second kappa shape index (κ2) is 6.89. The van der Waals surface area contributed by atoms with Crippen molar-refractivity contribution in [3.8, 4) is 5.75 Å². The van der Waals surface area contributed by atoms with Crippen molar-refractivity contribution >= 4 is 5.82 Å². The number of ether oxygens (including phenoxy) is 1. The van der Waals surface area contributed by atoms with Gasteiger partial charge in [0.1, 0.15) is 17.4 Å². The largest absolute Gasteiger partial charge is 0.490 e. The molecule has 0 saturated heterocycles. The molecule has 20 heavy (non-hydrogen) atoms. The van der Waals surface area contributed by atoms with Crippen LogP contribution in [0, 0.1) is 6.92 Å². The summed E-state index contributed by atoms with van der Waals surface area (Å²) in [5.74, 6) is 2.52. The summed E-state index contributed by atoms with van der Waals surface area (Å²) < 4.78 is 5.93. The maximum atomic E-state index is 5.93. The number of rotatable bonds is 6. The smallest absolute Gasteiger partial charge is 0.129 e. The van der Waals surface area contributed by atoms with E-state index in [-0.39, 0.29) is 6.10 Å². The number of benzene rings is 1. The van der Waals surface area contributed by atoms with Gasteiger partial charge >= 0.3 is 0 Å². The third kappa shape index (κ3) is 3.95. The quantitative estimate of drug-likeness (QED) is 0.872. The minimum atomic E-state index is 0.220. The van der Waals surface area contributed by atoms with Crippen LogP contribution in [0.2, 0.25) is 0 Å². The average molecular weight is 271 g/mol. The second-order valence-electron chi connectivity index (χ2n) is 4.79. The molecule has 0 aliphatic carbocycles. The van der Waals surface area contributed by atoms with Gasteiger partial charge in [-0.1, -0.05) is 25.1 Å².